The third kappa shape index (κ3) is 10.3. The molecule has 1 rings (SSSR count). The Kier molecular flexibility index (Phi) is 9.85. The van der Waals surface area contributed by atoms with E-state index in [1.165, 1.54) is 12.8 Å². The largest absolute Gasteiger partial charge is 0.357 e. The van der Waals surface area contributed by atoms with Crippen molar-refractivity contribution >= 4 is 21.7 Å². The number of sulfone groups is 1. The molecule has 0 aromatic heterocycles. The van der Waals surface area contributed by atoms with E-state index in [9.17, 15) is 13.2 Å². The summed E-state index contributed by atoms with van der Waals surface area (Å²) in [6, 6.07) is -0.236. The van der Waals surface area contributed by atoms with E-state index in [0.29, 0.717) is 19.4 Å². The maximum Gasteiger partial charge on any atom is 0.222 e. The van der Waals surface area contributed by atoms with Crippen molar-refractivity contribution < 1.29 is 13.2 Å². The third-order valence-corrected chi connectivity index (χ3v) is 5.81. The summed E-state index contributed by atoms with van der Waals surface area (Å²) in [4.78, 5) is 16.4. The van der Waals surface area contributed by atoms with Crippen LogP contribution in [0.2, 0.25) is 0 Å². The molecule has 25 heavy (non-hydrogen) atoms. The molecule has 3 N–H and O–H groups in total. The highest BCUT2D eigenvalue weighted by molar-refractivity contribution is 7.91. The second-order valence-corrected chi connectivity index (χ2v) is 9.22. The Labute approximate surface area is 152 Å². The molecular formula is C17H34N4O3S. The fourth-order valence-corrected chi connectivity index (χ4v) is 4.37. The second-order valence-electron chi connectivity index (χ2n) is 6.99. The Bertz CT molecular complexity index is 532. The van der Waals surface area contributed by atoms with Gasteiger partial charge >= 0.3 is 0 Å². The van der Waals surface area contributed by atoms with Gasteiger partial charge in [0, 0.05) is 32.1 Å². The van der Waals surface area contributed by atoms with Gasteiger partial charge in [-0.3, -0.25) is 9.79 Å². The molecule has 0 aromatic carbocycles. The van der Waals surface area contributed by atoms with Crippen LogP contribution in [0.5, 0.6) is 0 Å². The van der Waals surface area contributed by atoms with E-state index in [0.717, 1.165) is 31.4 Å². The smallest absolute Gasteiger partial charge is 0.222 e. The number of carbonyl (C=O) groups is 1. The number of carbonyl (C=O) groups excluding carboxylic acids is 1. The fraction of sp³-hybridized carbons (Fsp3) is 0.882. The molecule has 1 aliphatic heterocycles. The van der Waals surface area contributed by atoms with Gasteiger partial charge in [0.25, 0.3) is 0 Å². The quantitative estimate of drug-likeness (QED) is 0.302. The van der Waals surface area contributed by atoms with Gasteiger partial charge in [-0.05, 0) is 25.7 Å². The van der Waals surface area contributed by atoms with Gasteiger partial charge < -0.3 is 16.0 Å². The lowest BCUT2D eigenvalue weighted by molar-refractivity contribution is -0.121. The summed E-state index contributed by atoms with van der Waals surface area (Å²) < 4.78 is 22.8. The Hall–Kier alpha value is -1.31. The molecule has 1 amide bonds. The lowest BCUT2D eigenvalue weighted by atomic mass is 10.1. The zero-order valence-corrected chi connectivity index (χ0v) is 16.6. The average molecular weight is 375 g/mol. The van der Waals surface area contributed by atoms with Crippen LogP contribution >= 0.6 is 0 Å². The van der Waals surface area contributed by atoms with Crippen LogP contribution < -0.4 is 16.0 Å². The molecule has 1 atom stereocenters. The summed E-state index contributed by atoms with van der Waals surface area (Å²) in [5.74, 6) is 1.56. The highest BCUT2D eigenvalue weighted by Crippen LogP contribution is 2.11. The SMILES string of the molecule is CCNC(=NCCCCC(C)C)NCCC(=O)NC1CCS(=O)(=O)C1. The van der Waals surface area contributed by atoms with Gasteiger partial charge in [0.2, 0.25) is 5.91 Å². The Balaban J connectivity index is 2.23. The average Bonchev–Trinajstić information content (AvgIpc) is 2.85. The van der Waals surface area contributed by atoms with Crippen molar-refractivity contribution in [1.29, 1.82) is 0 Å². The predicted molar refractivity (Wildman–Crippen MR) is 102 cm³/mol. The highest BCUT2D eigenvalue weighted by Gasteiger charge is 2.28. The van der Waals surface area contributed by atoms with Crippen LogP contribution in [0.4, 0.5) is 0 Å². The van der Waals surface area contributed by atoms with Gasteiger partial charge in [-0.15, -0.1) is 0 Å². The van der Waals surface area contributed by atoms with Gasteiger partial charge in [0.15, 0.2) is 15.8 Å². The fourth-order valence-electron chi connectivity index (χ4n) is 2.70. The van der Waals surface area contributed by atoms with Crippen LogP contribution in [0.3, 0.4) is 0 Å². The number of hydrogen-bond acceptors (Lipinski definition) is 4. The Morgan fingerprint density at radius 3 is 2.60 bits per heavy atom. The molecule has 8 heteroatoms. The summed E-state index contributed by atoms with van der Waals surface area (Å²) in [6.07, 6.45) is 4.27. The Morgan fingerprint density at radius 1 is 1.24 bits per heavy atom. The number of nitrogens with one attached hydrogen (secondary N) is 3. The zero-order chi connectivity index (χ0) is 18.7. The van der Waals surface area contributed by atoms with E-state index in [1.807, 2.05) is 6.92 Å². The standard InChI is InChI=1S/C17H34N4O3S/c1-4-18-17(19-10-6-5-7-14(2)3)20-11-8-16(22)21-15-9-12-25(23,24)13-15/h14-15H,4-13H2,1-3H3,(H,21,22)(H2,18,19,20). The Morgan fingerprint density at radius 2 is 2.00 bits per heavy atom. The summed E-state index contributed by atoms with van der Waals surface area (Å²) in [5.41, 5.74) is 0. The van der Waals surface area contributed by atoms with Crippen molar-refractivity contribution in [3.63, 3.8) is 0 Å². The molecular weight excluding hydrogens is 340 g/mol. The van der Waals surface area contributed by atoms with Crippen LogP contribution in [-0.4, -0.2) is 57.5 Å². The van der Waals surface area contributed by atoms with Gasteiger partial charge in [0.1, 0.15) is 0 Å². The van der Waals surface area contributed by atoms with Crippen molar-refractivity contribution in [2.24, 2.45) is 10.9 Å². The number of amides is 1. The predicted octanol–water partition coefficient (Wildman–Crippen LogP) is 1.06. The minimum atomic E-state index is -2.96. The molecule has 146 valence electrons. The van der Waals surface area contributed by atoms with Crippen LogP contribution in [0.25, 0.3) is 0 Å². The number of nitrogens with zero attached hydrogens (tertiary/aromatic N) is 1. The number of unbranched alkanes of at least 4 members (excludes halogenated alkanes) is 1. The molecule has 0 spiro atoms. The van der Waals surface area contributed by atoms with Crippen molar-refractivity contribution in [3.8, 4) is 0 Å². The minimum Gasteiger partial charge on any atom is -0.357 e. The first-order valence-corrected chi connectivity index (χ1v) is 11.2. The molecule has 1 saturated heterocycles. The van der Waals surface area contributed by atoms with Crippen LogP contribution in [-0.2, 0) is 14.6 Å². The molecule has 0 bridgehead atoms. The summed E-state index contributed by atoms with van der Waals surface area (Å²) >= 11 is 0. The van der Waals surface area contributed by atoms with E-state index >= 15 is 0 Å². The van der Waals surface area contributed by atoms with Gasteiger partial charge in [0.05, 0.1) is 11.5 Å². The molecule has 1 fully saturated rings. The van der Waals surface area contributed by atoms with E-state index in [2.05, 4.69) is 34.8 Å². The molecule has 0 aliphatic carbocycles. The van der Waals surface area contributed by atoms with Crippen LogP contribution in [0.15, 0.2) is 4.99 Å². The topological polar surface area (TPSA) is 99.7 Å². The molecule has 0 saturated carbocycles. The molecule has 0 radical (unpaired) electrons. The van der Waals surface area contributed by atoms with E-state index in [-0.39, 0.29) is 23.5 Å². The maximum atomic E-state index is 11.9. The molecule has 7 nitrogen and oxygen atoms in total. The highest BCUT2D eigenvalue weighted by atomic mass is 32.2. The first-order valence-electron chi connectivity index (χ1n) is 9.34. The molecule has 1 heterocycles. The number of rotatable bonds is 10. The first-order chi connectivity index (χ1) is 11.8. The molecule has 1 unspecified atom stereocenters. The van der Waals surface area contributed by atoms with Gasteiger partial charge in [-0.2, -0.15) is 0 Å². The maximum absolute atomic E-state index is 11.9. The first kappa shape index (κ1) is 21.7. The number of aliphatic imine (C=N–C) groups is 1. The van der Waals surface area contributed by atoms with Crippen LogP contribution in [0, 0.1) is 5.92 Å². The zero-order valence-electron chi connectivity index (χ0n) is 15.8. The summed E-state index contributed by atoms with van der Waals surface area (Å²) in [5, 5.41) is 9.11. The van der Waals surface area contributed by atoms with Gasteiger partial charge in [-0.25, -0.2) is 8.42 Å². The summed E-state index contributed by atoms with van der Waals surface area (Å²) in [6.45, 7) is 8.46. The van der Waals surface area contributed by atoms with E-state index in [4.69, 9.17) is 0 Å². The van der Waals surface area contributed by atoms with Gasteiger partial charge in [-0.1, -0.05) is 26.7 Å². The molecule has 1 aliphatic rings. The lowest BCUT2D eigenvalue weighted by Crippen LogP contribution is -2.41. The number of guanidine groups is 1. The third-order valence-electron chi connectivity index (χ3n) is 4.05. The van der Waals surface area contributed by atoms with Crippen molar-refractivity contribution in [2.45, 2.75) is 58.9 Å². The van der Waals surface area contributed by atoms with E-state index < -0.39 is 9.84 Å². The minimum absolute atomic E-state index is 0.0621. The monoisotopic (exact) mass is 374 g/mol. The van der Waals surface area contributed by atoms with E-state index in [1.54, 1.807) is 0 Å². The summed E-state index contributed by atoms with van der Waals surface area (Å²) in [7, 11) is -2.96. The molecule has 0 aromatic rings. The number of hydrogen-bond donors (Lipinski definition) is 3. The van der Waals surface area contributed by atoms with Crippen LogP contribution in [0.1, 0.15) is 52.9 Å². The van der Waals surface area contributed by atoms with Crippen molar-refractivity contribution in [1.82, 2.24) is 16.0 Å². The second kappa shape index (κ2) is 11.3. The van der Waals surface area contributed by atoms with Crippen molar-refractivity contribution in [2.75, 3.05) is 31.1 Å². The normalized spacial score (nSPS) is 19.8. The lowest BCUT2D eigenvalue weighted by Gasteiger charge is -2.13. The van der Waals surface area contributed by atoms with Crippen molar-refractivity contribution in [3.05, 3.63) is 0 Å².